The van der Waals surface area contributed by atoms with E-state index in [-0.39, 0.29) is 50.0 Å². The van der Waals surface area contributed by atoms with E-state index in [4.69, 9.17) is 0 Å². The van der Waals surface area contributed by atoms with Crippen molar-refractivity contribution in [1.82, 2.24) is 24.3 Å². The van der Waals surface area contributed by atoms with Gasteiger partial charge in [0.1, 0.15) is 0 Å². The summed E-state index contributed by atoms with van der Waals surface area (Å²) in [6.45, 7) is 5.11. The van der Waals surface area contributed by atoms with Gasteiger partial charge in [0.25, 0.3) is 0 Å². The molecule has 2 atom stereocenters. The number of aliphatic hydroxyl groups is 2. The van der Waals surface area contributed by atoms with E-state index in [2.05, 4.69) is 10.4 Å². The summed E-state index contributed by atoms with van der Waals surface area (Å²) in [7, 11) is -3.54. The Morgan fingerprint density at radius 3 is 2.56 bits per heavy atom. The van der Waals surface area contributed by atoms with Crippen LogP contribution in [0.15, 0.2) is 18.2 Å². The van der Waals surface area contributed by atoms with Crippen LogP contribution in [-0.4, -0.2) is 88.2 Å². The maximum atomic E-state index is 13.9. The van der Waals surface area contributed by atoms with Gasteiger partial charge in [0.05, 0.1) is 36.3 Å². The number of alkyl halides is 3. The third kappa shape index (κ3) is 7.86. The fourth-order valence-electron chi connectivity index (χ4n) is 5.47. The molecule has 0 saturated carbocycles. The van der Waals surface area contributed by atoms with E-state index in [1.807, 2.05) is 18.7 Å². The average Bonchev–Trinajstić information content (AvgIpc) is 3.43. The summed E-state index contributed by atoms with van der Waals surface area (Å²) in [5.74, 6) is -0.314. The van der Waals surface area contributed by atoms with Crippen LogP contribution in [0.5, 0.6) is 0 Å². The van der Waals surface area contributed by atoms with E-state index < -0.39 is 34.0 Å². The Morgan fingerprint density at radius 2 is 1.95 bits per heavy atom. The smallest absolute Gasteiger partial charge is 0.392 e. The van der Waals surface area contributed by atoms with Crippen molar-refractivity contribution in [2.24, 2.45) is 5.92 Å². The average molecular weight is 602 g/mol. The molecule has 14 heteroatoms. The number of hydrogen-bond donors (Lipinski definition) is 3. The van der Waals surface area contributed by atoms with Gasteiger partial charge >= 0.3 is 6.18 Å². The molecule has 1 unspecified atom stereocenters. The number of halogens is 3. The summed E-state index contributed by atoms with van der Waals surface area (Å²) in [5, 5.41) is 27.8. The van der Waals surface area contributed by atoms with Crippen LogP contribution < -0.4 is 5.32 Å². The highest BCUT2D eigenvalue weighted by Gasteiger charge is 2.35. The minimum absolute atomic E-state index is 0.000603. The van der Waals surface area contributed by atoms with Gasteiger partial charge < -0.3 is 15.5 Å². The number of carbonyl (C=O) groups excluding carboxylic acids is 1. The lowest BCUT2D eigenvalue weighted by Crippen LogP contribution is -2.37. The van der Waals surface area contributed by atoms with Gasteiger partial charge in [-0.3, -0.25) is 14.4 Å². The van der Waals surface area contributed by atoms with Gasteiger partial charge in [0.15, 0.2) is 0 Å². The van der Waals surface area contributed by atoms with Crippen LogP contribution in [-0.2, 0) is 47.0 Å². The topological polar surface area (TPSA) is 128 Å². The monoisotopic (exact) mass is 601 g/mol. The highest BCUT2D eigenvalue weighted by molar-refractivity contribution is 7.88. The lowest BCUT2D eigenvalue weighted by molar-refractivity contribution is -0.138. The van der Waals surface area contributed by atoms with Crippen molar-refractivity contribution >= 4 is 15.9 Å². The molecular formula is C27H38F3N5O5S. The summed E-state index contributed by atoms with van der Waals surface area (Å²) in [6, 6.07) is 3.60. The molecule has 0 bridgehead atoms. The van der Waals surface area contributed by atoms with E-state index in [0.717, 1.165) is 12.3 Å². The molecule has 1 saturated heterocycles. The Balaban J connectivity index is 1.69. The first-order valence-electron chi connectivity index (χ1n) is 13.7. The van der Waals surface area contributed by atoms with Crippen molar-refractivity contribution in [2.75, 3.05) is 32.4 Å². The van der Waals surface area contributed by atoms with Crippen molar-refractivity contribution in [3.8, 4) is 11.3 Å². The molecule has 3 N–H and O–H groups in total. The highest BCUT2D eigenvalue weighted by Crippen LogP contribution is 2.37. The maximum absolute atomic E-state index is 13.9. The molecule has 1 aromatic carbocycles. The number of carbonyl (C=O) groups is 1. The number of nitrogens with zero attached hydrogens (tertiary/aromatic N) is 4. The number of nitrogens with one attached hydrogen (secondary N) is 1. The number of benzene rings is 1. The number of amides is 1. The lowest BCUT2D eigenvalue weighted by atomic mass is 9.97. The maximum Gasteiger partial charge on any atom is 0.416 e. The fourth-order valence-corrected chi connectivity index (χ4v) is 6.25. The van der Waals surface area contributed by atoms with Crippen LogP contribution in [0.1, 0.15) is 49.1 Å². The van der Waals surface area contributed by atoms with Crippen LogP contribution in [0.25, 0.3) is 11.3 Å². The number of sulfonamides is 1. The summed E-state index contributed by atoms with van der Waals surface area (Å²) < 4.78 is 69.2. The first-order chi connectivity index (χ1) is 19.1. The summed E-state index contributed by atoms with van der Waals surface area (Å²) >= 11 is 0. The number of aliphatic hydroxyl groups excluding tert-OH is 2. The number of hydrogen-bond acceptors (Lipinski definition) is 7. The highest BCUT2D eigenvalue weighted by atomic mass is 32.2. The minimum atomic E-state index is -4.64. The van der Waals surface area contributed by atoms with E-state index in [9.17, 15) is 36.6 Å². The Labute approximate surface area is 238 Å². The van der Waals surface area contributed by atoms with Crippen molar-refractivity contribution in [3.05, 3.63) is 40.6 Å². The zero-order chi connectivity index (χ0) is 30.1. The molecule has 10 nitrogen and oxygen atoms in total. The predicted octanol–water partition coefficient (Wildman–Crippen LogP) is 1.98. The number of fused-ring (bicyclic) bond motifs is 1. The van der Waals surface area contributed by atoms with E-state index in [1.165, 1.54) is 16.4 Å². The molecule has 3 heterocycles. The van der Waals surface area contributed by atoms with Crippen LogP contribution in [0.2, 0.25) is 0 Å². The Kier molecular flexibility index (Phi) is 9.48. The van der Waals surface area contributed by atoms with E-state index >= 15 is 0 Å². The lowest BCUT2D eigenvalue weighted by Gasteiger charge is -2.26. The zero-order valence-electron chi connectivity index (χ0n) is 23.5. The van der Waals surface area contributed by atoms with Crippen LogP contribution >= 0.6 is 0 Å². The molecular weight excluding hydrogens is 563 g/mol. The second-order valence-electron chi connectivity index (χ2n) is 11.4. The quantitative estimate of drug-likeness (QED) is 0.380. The molecule has 41 heavy (non-hydrogen) atoms. The molecule has 0 radical (unpaired) electrons. The van der Waals surface area contributed by atoms with E-state index in [0.29, 0.717) is 55.0 Å². The molecule has 2 aromatic rings. The molecule has 0 spiro atoms. The Bertz CT molecular complexity index is 1360. The Morgan fingerprint density at radius 1 is 1.22 bits per heavy atom. The first-order valence-corrected chi connectivity index (χ1v) is 15.6. The van der Waals surface area contributed by atoms with Gasteiger partial charge in [-0.25, -0.2) is 8.42 Å². The van der Waals surface area contributed by atoms with Crippen molar-refractivity contribution < 1.29 is 36.6 Å². The molecule has 228 valence electrons. The molecule has 0 aliphatic carbocycles. The SMILES string of the molecule is CC(C)CC(=O)NCc1cc(-c2nn(CC(O)CN3CC[C@@H](O)C3)c3c2CN(S(C)(=O)=O)CC3)ccc1C(F)(F)F. The normalized spacial score (nSPS) is 19.5. The number of rotatable bonds is 10. The molecule has 2 aliphatic heterocycles. The van der Waals surface area contributed by atoms with Gasteiger partial charge in [0.2, 0.25) is 15.9 Å². The molecule has 1 fully saturated rings. The minimum Gasteiger partial charge on any atom is -0.392 e. The zero-order valence-corrected chi connectivity index (χ0v) is 24.3. The third-order valence-corrected chi connectivity index (χ3v) is 8.67. The second kappa shape index (κ2) is 12.4. The van der Waals surface area contributed by atoms with Crippen LogP contribution in [0, 0.1) is 5.92 Å². The largest absolute Gasteiger partial charge is 0.416 e. The van der Waals surface area contributed by atoms with Crippen LogP contribution in [0.4, 0.5) is 13.2 Å². The number of aromatic nitrogens is 2. The molecule has 1 aromatic heterocycles. The molecule has 4 rings (SSSR count). The van der Waals surface area contributed by atoms with Crippen molar-refractivity contribution in [3.63, 3.8) is 0 Å². The number of likely N-dealkylation sites (tertiary alicyclic amines) is 1. The first kappa shape index (κ1) is 31.4. The third-order valence-electron chi connectivity index (χ3n) is 7.42. The standard InChI is InChI=1S/C27H38F3N5O5S/c1-17(2)10-25(38)31-12-19-11-18(4-5-23(19)27(28,29)30)26-22-16-34(41(3,39)40)9-7-24(22)35(32-26)15-21(37)14-33-8-6-20(36)13-33/h4-5,11,17,20-21,36-37H,6-10,12-16H2,1-3H3,(H,31,38)/t20-,21?/m1/s1. The van der Waals surface area contributed by atoms with Gasteiger partial charge in [0, 0.05) is 68.9 Å². The predicted molar refractivity (Wildman–Crippen MR) is 146 cm³/mol. The summed E-state index contributed by atoms with van der Waals surface area (Å²) in [5.41, 5.74) is 0.973. The fraction of sp³-hybridized carbons (Fsp3) is 0.630. The second-order valence-corrected chi connectivity index (χ2v) is 13.4. The van der Waals surface area contributed by atoms with Crippen molar-refractivity contribution in [2.45, 2.75) is 71.1 Å². The van der Waals surface area contributed by atoms with Crippen LogP contribution in [0.3, 0.4) is 0 Å². The molecule has 2 aliphatic rings. The number of β-amino-alcohol motifs (C(OH)–C–C–N with tert-alkyl or cyclic N) is 2. The van der Waals surface area contributed by atoms with E-state index in [1.54, 1.807) is 4.68 Å². The van der Waals surface area contributed by atoms with Gasteiger partial charge in [-0.05, 0) is 30.0 Å². The Hall–Kier alpha value is -2.52. The van der Waals surface area contributed by atoms with Gasteiger partial charge in [-0.2, -0.15) is 22.6 Å². The molecule has 1 amide bonds. The summed E-state index contributed by atoms with van der Waals surface area (Å²) in [6.07, 6.45) is -3.67. The summed E-state index contributed by atoms with van der Waals surface area (Å²) in [4.78, 5) is 14.2. The van der Waals surface area contributed by atoms with Crippen molar-refractivity contribution in [1.29, 1.82) is 0 Å². The van der Waals surface area contributed by atoms with Gasteiger partial charge in [-0.15, -0.1) is 0 Å². The van der Waals surface area contributed by atoms with Gasteiger partial charge in [-0.1, -0.05) is 19.9 Å².